The maximum Gasteiger partial charge on any atom is 0.242 e. The Morgan fingerprint density at radius 2 is 1.79 bits per heavy atom. The van der Waals surface area contributed by atoms with Crippen LogP contribution in [0.2, 0.25) is 0 Å². The van der Waals surface area contributed by atoms with Crippen molar-refractivity contribution in [3.63, 3.8) is 0 Å². The van der Waals surface area contributed by atoms with Crippen LogP contribution >= 0.6 is 0 Å². The smallest absolute Gasteiger partial charge is 0.242 e. The first-order valence-corrected chi connectivity index (χ1v) is 11.6. The lowest BCUT2D eigenvalue weighted by Crippen LogP contribution is -2.32. The second-order valence-electron chi connectivity index (χ2n) is 7.33. The van der Waals surface area contributed by atoms with Crippen molar-refractivity contribution in [2.45, 2.75) is 24.3 Å². The van der Waals surface area contributed by atoms with E-state index in [9.17, 15) is 18.3 Å². The van der Waals surface area contributed by atoms with Crippen molar-refractivity contribution in [3.05, 3.63) is 89.5 Å². The largest absolute Gasteiger partial charge is 0.504 e. The summed E-state index contributed by atoms with van der Waals surface area (Å²) in [4.78, 5) is 12.7. The van der Waals surface area contributed by atoms with Crippen LogP contribution in [0.4, 0.5) is 0 Å². The zero-order valence-corrected chi connectivity index (χ0v) is 19.0. The number of methoxy groups -OCH3 is 1. The van der Waals surface area contributed by atoms with E-state index in [0.717, 1.165) is 5.56 Å². The average molecular weight is 468 g/mol. The number of amides is 1. The Balaban J connectivity index is 1.72. The molecule has 1 amide bonds. The molecule has 0 heterocycles. The highest BCUT2D eigenvalue weighted by molar-refractivity contribution is 7.89. The molecule has 0 unspecified atom stereocenters. The van der Waals surface area contributed by atoms with Crippen molar-refractivity contribution in [1.29, 1.82) is 0 Å². The fourth-order valence-electron chi connectivity index (χ4n) is 3.07. The van der Waals surface area contributed by atoms with Gasteiger partial charge >= 0.3 is 0 Å². The number of nitrogens with zero attached hydrogens (tertiary/aromatic N) is 1. The van der Waals surface area contributed by atoms with Gasteiger partial charge in [-0.05, 0) is 48.4 Å². The van der Waals surface area contributed by atoms with Crippen LogP contribution in [-0.2, 0) is 14.8 Å². The Labute approximate surface area is 193 Å². The maximum absolute atomic E-state index is 12.9. The van der Waals surface area contributed by atoms with Gasteiger partial charge in [-0.25, -0.2) is 18.6 Å². The number of phenols is 1. The molecule has 0 aliphatic heterocycles. The van der Waals surface area contributed by atoms with Gasteiger partial charge in [0.2, 0.25) is 15.9 Å². The SMILES string of the molecule is COc1cc(/C=N\NC(=O)C[C@@H](NS(=O)(=O)c2ccc(C)cc2)c2ccccc2)ccc1O. The van der Waals surface area contributed by atoms with E-state index >= 15 is 0 Å². The molecule has 0 radical (unpaired) electrons. The summed E-state index contributed by atoms with van der Waals surface area (Å²) >= 11 is 0. The fraction of sp³-hybridized carbons (Fsp3) is 0.167. The lowest BCUT2D eigenvalue weighted by atomic mass is 10.0. The number of nitrogens with one attached hydrogen (secondary N) is 2. The van der Waals surface area contributed by atoms with Crippen LogP contribution in [0.15, 0.2) is 82.8 Å². The Hall–Kier alpha value is -3.69. The molecule has 0 aromatic heterocycles. The monoisotopic (exact) mass is 467 g/mol. The van der Waals surface area contributed by atoms with Gasteiger partial charge in [-0.15, -0.1) is 0 Å². The maximum atomic E-state index is 12.9. The molecule has 0 bridgehead atoms. The fourth-order valence-corrected chi connectivity index (χ4v) is 4.29. The number of benzene rings is 3. The molecular formula is C24H25N3O5S. The lowest BCUT2D eigenvalue weighted by molar-refractivity contribution is -0.121. The number of hydrazone groups is 1. The summed E-state index contributed by atoms with van der Waals surface area (Å²) < 4.78 is 33.4. The van der Waals surface area contributed by atoms with Crippen molar-refractivity contribution < 1.29 is 23.1 Å². The van der Waals surface area contributed by atoms with Gasteiger partial charge in [-0.2, -0.15) is 5.10 Å². The highest BCUT2D eigenvalue weighted by atomic mass is 32.2. The average Bonchev–Trinajstić information content (AvgIpc) is 2.80. The molecule has 0 saturated carbocycles. The Morgan fingerprint density at radius 3 is 2.45 bits per heavy atom. The predicted octanol–water partition coefficient (Wildman–Crippen LogP) is 3.27. The number of phenolic OH excluding ortho intramolecular Hbond substituents is 1. The first-order chi connectivity index (χ1) is 15.8. The summed E-state index contributed by atoms with van der Waals surface area (Å²) in [5.74, 6) is -0.206. The number of hydrogen-bond donors (Lipinski definition) is 3. The van der Waals surface area contributed by atoms with Crippen LogP contribution in [0.25, 0.3) is 0 Å². The van der Waals surface area contributed by atoms with Gasteiger partial charge in [0.25, 0.3) is 0 Å². The van der Waals surface area contributed by atoms with E-state index < -0.39 is 22.0 Å². The zero-order chi connectivity index (χ0) is 23.8. The molecule has 0 spiro atoms. The molecule has 0 fully saturated rings. The number of rotatable bonds is 9. The normalized spacial score (nSPS) is 12.4. The predicted molar refractivity (Wildman–Crippen MR) is 126 cm³/mol. The minimum absolute atomic E-state index is 0.00903. The second-order valence-corrected chi connectivity index (χ2v) is 9.04. The summed E-state index contributed by atoms with van der Waals surface area (Å²) in [6.45, 7) is 1.87. The molecule has 33 heavy (non-hydrogen) atoms. The number of aryl methyl sites for hydroxylation is 1. The van der Waals surface area contributed by atoms with Crippen LogP contribution in [0.1, 0.15) is 29.2 Å². The van der Waals surface area contributed by atoms with Gasteiger partial charge in [0.15, 0.2) is 11.5 Å². The van der Waals surface area contributed by atoms with Gasteiger partial charge in [0.05, 0.1) is 24.3 Å². The summed E-state index contributed by atoms with van der Waals surface area (Å²) in [5.41, 5.74) is 4.60. The standard InChI is InChI=1S/C24H25N3O5S/c1-17-8-11-20(12-9-17)33(30,31)27-21(19-6-4-3-5-7-19)15-24(29)26-25-16-18-10-13-22(28)23(14-18)32-2/h3-14,16,21,27-28H,15H2,1-2H3,(H,26,29)/b25-16-/t21-/m1/s1. The van der Waals surface area contributed by atoms with Crippen molar-refractivity contribution >= 4 is 22.1 Å². The van der Waals surface area contributed by atoms with Gasteiger partial charge in [0.1, 0.15) is 0 Å². The van der Waals surface area contributed by atoms with Crippen LogP contribution in [0.5, 0.6) is 11.5 Å². The Morgan fingerprint density at radius 1 is 1.09 bits per heavy atom. The molecule has 8 nitrogen and oxygen atoms in total. The van der Waals surface area contributed by atoms with E-state index in [1.165, 1.54) is 31.5 Å². The van der Waals surface area contributed by atoms with E-state index in [4.69, 9.17) is 4.74 Å². The second kappa shape index (κ2) is 10.8. The van der Waals surface area contributed by atoms with E-state index in [2.05, 4.69) is 15.2 Å². The summed E-state index contributed by atoms with van der Waals surface area (Å²) in [5, 5.41) is 13.6. The van der Waals surface area contributed by atoms with Gasteiger partial charge in [-0.1, -0.05) is 48.0 Å². The molecule has 0 aliphatic carbocycles. The Bertz CT molecular complexity index is 1230. The quantitative estimate of drug-likeness (QED) is 0.330. The summed E-state index contributed by atoms with van der Waals surface area (Å²) in [6, 6.07) is 19.2. The summed E-state index contributed by atoms with van der Waals surface area (Å²) in [6.07, 6.45) is 1.24. The van der Waals surface area contributed by atoms with Crippen molar-refractivity contribution in [1.82, 2.24) is 10.1 Å². The molecule has 3 aromatic carbocycles. The molecule has 0 aliphatic rings. The minimum Gasteiger partial charge on any atom is -0.504 e. The van der Waals surface area contributed by atoms with E-state index in [1.54, 1.807) is 48.5 Å². The molecule has 0 saturated heterocycles. The lowest BCUT2D eigenvalue weighted by Gasteiger charge is -2.18. The third-order valence-electron chi connectivity index (χ3n) is 4.83. The third kappa shape index (κ3) is 6.64. The first kappa shape index (κ1) is 24.0. The van der Waals surface area contributed by atoms with Crippen LogP contribution in [0, 0.1) is 6.92 Å². The highest BCUT2D eigenvalue weighted by Gasteiger charge is 2.23. The zero-order valence-electron chi connectivity index (χ0n) is 18.2. The minimum atomic E-state index is -3.85. The number of sulfonamides is 1. The molecule has 9 heteroatoms. The number of hydrogen-bond acceptors (Lipinski definition) is 6. The van der Waals surface area contributed by atoms with Gasteiger partial charge in [0, 0.05) is 6.42 Å². The summed E-state index contributed by atoms with van der Waals surface area (Å²) in [7, 11) is -2.42. The third-order valence-corrected chi connectivity index (χ3v) is 6.31. The molecule has 172 valence electrons. The number of carbonyl (C=O) groups excluding carboxylic acids is 1. The van der Waals surface area contributed by atoms with Crippen LogP contribution in [0.3, 0.4) is 0 Å². The topological polar surface area (TPSA) is 117 Å². The number of aromatic hydroxyl groups is 1. The van der Waals surface area contributed by atoms with E-state index in [-0.39, 0.29) is 22.8 Å². The highest BCUT2D eigenvalue weighted by Crippen LogP contribution is 2.25. The number of carbonyl (C=O) groups is 1. The number of ether oxygens (including phenoxy) is 1. The first-order valence-electron chi connectivity index (χ1n) is 10.1. The van der Waals surface area contributed by atoms with E-state index in [0.29, 0.717) is 11.1 Å². The van der Waals surface area contributed by atoms with Crippen LogP contribution in [-0.4, -0.2) is 32.8 Å². The molecule has 3 aromatic rings. The van der Waals surface area contributed by atoms with Gasteiger partial charge in [-0.3, -0.25) is 4.79 Å². The molecule has 3 N–H and O–H groups in total. The van der Waals surface area contributed by atoms with Crippen molar-refractivity contribution in [3.8, 4) is 11.5 Å². The molecular weight excluding hydrogens is 442 g/mol. The van der Waals surface area contributed by atoms with Gasteiger partial charge < -0.3 is 9.84 Å². The Kier molecular flexibility index (Phi) is 7.81. The molecule has 1 atom stereocenters. The van der Waals surface area contributed by atoms with E-state index in [1.807, 2.05) is 13.0 Å². The van der Waals surface area contributed by atoms with Crippen molar-refractivity contribution in [2.24, 2.45) is 5.10 Å². The molecule has 3 rings (SSSR count). The van der Waals surface area contributed by atoms with Crippen LogP contribution < -0.4 is 14.9 Å². The van der Waals surface area contributed by atoms with Crippen molar-refractivity contribution in [2.75, 3.05) is 7.11 Å².